The number of esters is 1. The lowest BCUT2D eigenvalue weighted by Gasteiger charge is -2.08. The summed E-state index contributed by atoms with van der Waals surface area (Å²) in [5.74, 6) is -0.0374. The van der Waals surface area contributed by atoms with Crippen molar-refractivity contribution in [3.8, 4) is 5.75 Å². The fourth-order valence-electron chi connectivity index (χ4n) is 2.29. The molecule has 0 spiro atoms. The molecule has 0 aliphatic rings. The molecule has 0 unspecified atom stereocenters. The molecule has 0 fully saturated rings. The van der Waals surface area contributed by atoms with E-state index < -0.39 is 5.97 Å². The van der Waals surface area contributed by atoms with E-state index in [1.807, 2.05) is 45.0 Å². The molecule has 0 atom stereocenters. The number of carbonyl (C=O) groups is 2. The van der Waals surface area contributed by atoms with E-state index in [1.54, 1.807) is 6.07 Å². The third kappa shape index (κ3) is 5.90. The Morgan fingerprint density at radius 3 is 2.68 bits per heavy atom. The molecule has 1 amide bonds. The number of benzene rings is 1. The Kier molecular flexibility index (Phi) is 7.01. The number of rotatable bonds is 8. The van der Waals surface area contributed by atoms with E-state index in [0.717, 1.165) is 28.2 Å². The van der Waals surface area contributed by atoms with Crippen molar-refractivity contribution in [2.24, 2.45) is 0 Å². The topological polar surface area (TPSA) is 64.6 Å². The van der Waals surface area contributed by atoms with E-state index in [-0.39, 0.29) is 12.5 Å². The summed E-state index contributed by atoms with van der Waals surface area (Å²) in [5.41, 5.74) is 2.20. The van der Waals surface area contributed by atoms with Gasteiger partial charge in [-0.3, -0.25) is 4.79 Å². The monoisotopic (exact) mass is 361 g/mol. The normalized spacial score (nSPS) is 10.4. The van der Waals surface area contributed by atoms with Gasteiger partial charge in [-0.1, -0.05) is 19.1 Å². The van der Waals surface area contributed by atoms with Crippen LogP contribution in [0.25, 0.3) is 0 Å². The second-order valence-electron chi connectivity index (χ2n) is 5.66. The third-order valence-corrected chi connectivity index (χ3v) is 4.92. The molecule has 2 aromatic rings. The first-order chi connectivity index (χ1) is 12.0. The summed E-state index contributed by atoms with van der Waals surface area (Å²) in [4.78, 5) is 25.4. The van der Waals surface area contributed by atoms with Crippen molar-refractivity contribution in [3.63, 3.8) is 0 Å². The molecule has 2 rings (SSSR count). The molecule has 134 valence electrons. The van der Waals surface area contributed by atoms with E-state index in [9.17, 15) is 9.59 Å². The molecule has 1 heterocycles. The van der Waals surface area contributed by atoms with Gasteiger partial charge in [0.05, 0.1) is 6.54 Å². The standard InChI is InChI=1S/C19H23NO4S/c1-4-16-14(3)11-17(25-16)19(22)24-12-18(21)20-8-9-23-15-7-5-6-13(2)10-15/h5-7,10-11H,4,8-9,12H2,1-3H3,(H,20,21). The first-order valence-electron chi connectivity index (χ1n) is 8.22. The molecule has 0 radical (unpaired) electrons. The second kappa shape index (κ2) is 9.22. The molecule has 25 heavy (non-hydrogen) atoms. The van der Waals surface area contributed by atoms with Crippen LogP contribution in [0.1, 0.15) is 32.6 Å². The molecule has 0 saturated heterocycles. The summed E-state index contributed by atoms with van der Waals surface area (Å²) in [7, 11) is 0. The van der Waals surface area contributed by atoms with Crippen LogP contribution in [0.3, 0.4) is 0 Å². The van der Waals surface area contributed by atoms with Crippen LogP contribution in [0.5, 0.6) is 5.75 Å². The van der Waals surface area contributed by atoms with E-state index in [0.29, 0.717) is 18.0 Å². The predicted molar refractivity (Wildman–Crippen MR) is 98.4 cm³/mol. The molecule has 0 aliphatic carbocycles. The Morgan fingerprint density at radius 1 is 1.20 bits per heavy atom. The zero-order valence-electron chi connectivity index (χ0n) is 14.8. The fraction of sp³-hybridized carbons (Fsp3) is 0.368. The lowest BCUT2D eigenvalue weighted by molar-refractivity contribution is -0.124. The summed E-state index contributed by atoms with van der Waals surface area (Å²) in [5, 5.41) is 2.66. The van der Waals surface area contributed by atoms with E-state index in [4.69, 9.17) is 9.47 Å². The van der Waals surface area contributed by atoms with Crippen LogP contribution < -0.4 is 10.1 Å². The highest BCUT2D eigenvalue weighted by Gasteiger charge is 2.14. The molecule has 5 nitrogen and oxygen atoms in total. The molecular weight excluding hydrogens is 338 g/mol. The van der Waals surface area contributed by atoms with Gasteiger partial charge in [0.2, 0.25) is 0 Å². The maximum absolute atomic E-state index is 12.0. The molecule has 0 saturated carbocycles. The summed E-state index contributed by atoms with van der Waals surface area (Å²) in [6.07, 6.45) is 0.880. The van der Waals surface area contributed by atoms with Crippen LogP contribution in [-0.4, -0.2) is 31.6 Å². The van der Waals surface area contributed by atoms with Crippen molar-refractivity contribution < 1.29 is 19.1 Å². The fourth-order valence-corrected chi connectivity index (χ4v) is 3.30. The Bertz CT molecular complexity index is 739. The van der Waals surface area contributed by atoms with Gasteiger partial charge in [-0.05, 0) is 49.6 Å². The van der Waals surface area contributed by atoms with Crippen LogP contribution in [0, 0.1) is 13.8 Å². The molecule has 1 aromatic carbocycles. The highest BCUT2D eigenvalue weighted by Crippen LogP contribution is 2.22. The molecule has 6 heteroatoms. The largest absolute Gasteiger partial charge is 0.492 e. The molecule has 1 N–H and O–H groups in total. The van der Waals surface area contributed by atoms with Gasteiger partial charge in [0.1, 0.15) is 17.2 Å². The minimum Gasteiger partial charge on any atom is -0.492 e. The number of ether oxygens (including phenoxy) is 2. The van der Waals surface area contributed by atoms with Crippen LogP contribution >= 0.6 is 11.3 Å². The van der Waals surface area contributed by atoms with Gasteiger partial charge in [0.15, 0.2) is 6.61 Å². The number of nitrogens with one attached hydrogen (secondary N) is 1. The Hall–Kier alpha value is -2.34. The molecule has 1 aromatic heterocycles. The van der Waals surface area contributed by atoms with Crippen molar-refractivity contribution in [2.75, 3.05) is 19.8 Å². The average molecular weight is 361 g/mol. The van der Waals surface area contributed by atoms with Gasteiger partial charge in [0.25, 0.3) is 5.91 Å². The average Bonchev–Trinajstić information content (AvgIpc) is 2.97. The van der Waals surface area contributed by atoms with Crippen molar-refractivity contribution in [2.45, 2.75) is 27.2 Å². The Morgan fingerprint density at radius 2 is 2.00 bits per heavy atom. The van der Waals surface area contributed by atoms with Gasteiger partial charge >= 0.3 is 5.97 Å². The highest BCUT2D eigenvalue weighted by atomic mass is 32.1. The Labute approximate surface area is 152 Å². The summed E-state index contributed by atoms with van der Waals surface area (Å²) >= 11 is 1.41. The van der Waals surface area contributed by atoms with E-state index >= 15 is 0 Å². The molecule has 0 bridgehead atoms. The number of aryl methyl sites for hydroxylation is 3. The van der Waals surface area contributed by atoms with Crippen molar-refractivity contribution in [1.29, 1.82) is 0 Å². The minimum atomic E-state index is -0.459. The smallest absolute Gasteiger partial charge is 0.348 e. The van der Waals surface area contributed by atoms with Crippen LogP contribution in [0.2, 0.25) is 0 Å². The predicted octanol–water partition coefficient (Wildman–Crippen LogP) is 3.28. The van der Waals surface area contributed by atoms with Gasteiger partial charge in [0, 0.05) is 4.88 Å². The lowest BCUT2D eigenvalue weighted by Crippen LogP contribution is -2.32. The van der Waals surface area contributed by atoms with Crippen molar-refractivity contribution in [1.82, 2.24) is 5.32 Å². The van der Waals surface area contributed by atoms with Gasteiger partial charge < -0.3 is 14.8 Å². The molecule has 0 aliphatic heterocycles. The zero-order chi connectivity index (χ0) is 18.2. The van der Waals surface area contributed by atoms with Crippen molar-refractivity contribution in [3.05, 3.63) is 51.2 Å². The first kappa shape index (κ1) is 19.0. The number of carbonyl (C=O) groups excluding carboxylic acids is 2. The van der Waals surface area contributed by atoms with Crippen LogP contribution in [0.4, 0.5) is 0 Å². The first-order valence-corrected chi connectivity index (χ1v) is 9.04. The van der Waals surface area contributed by atoms with E-state index in [1.165, 1.54) is 11.3 Å². The van der Waals surface area contributed by atoms with E-state index in [2.05, 4.69) is 5.32 Å². The number of hydrogen-bond donors (Lipinski definition) is 1. The third-order valence-electron chi connectivity index (χ3n) is 3.56. The number of thiophene rings is 1. The SMILES string of the molecule is CCc1sc(C(=O)OCC(=O)NCCOc2cccc(C)c2)cc1C. The second-order valence-corrected chi connectivity index (χ2v) is 6.80. The minimum absolute atomic E-state index is 0.290. The maximum Gasteiger partial charge on any atom is 0.348 e. The molecular formula is C19H23NO4S. The van der Waals surface area contributed by atoms with Crippen LogP contribution in [-0.2, 0) is 16.0 Å². The van der Waals surface area contributed by atoms with Gasteiger partial charge in [-0.15, -0.1) is 11.3 Å². The quantitative estimate of drug-likeness (QED) is 0.579. The maximum atomic E-state index is 12.0. The highest BCUT2D eigenvalue weighted by molar-refractivity contribution is 7.14. The summed E-state index contributed by atoms with van der Waals surface area (Å²) in [6.45, 7) is 6.41. The van der Waals surface area contributed by atoms with Crippen molar-refractivity contribution >= 4 is 23.2 Å². The lowest BCUT2D eigenvalue weighted by atomic mass is 10.2. The van der Waals surface area contributed by atoms with Gasteiger partial charge in [-0.2, -0.15) is 0 Å². The number of hydrogen-bond acceptors (Lipinski definition) is 5. The zero-order valence-corrected chi connectivity index (χ0v) is 15.6. The van der Waals surface area contributed by atoms with Crippen LogP contribution in [0.15, 0.2) is 30.3 Å². The van der Waals surface area contributed by atoms with Gasteiger partial charge in [-0.25, -0.2) is 4.79 Å². The Balaban J connectivity index is 1.67. The summed E-state index contributed by atoms with van der Waals surface area (Å²) in [6, 6.07) is 9.50. The number of amides is 1. The summed E-state index contributed by atoms with van der Waals surface area (Å²) < 4.78 is 10.6.